The predicted molar refractivity (Wildman–Crippen MR) is 118 cm³/mol. The van der Waals surface area contributed by atoms with Crippen molar-refractivity contribution in [1.29, 1.82) is 5.26 Å². The SMILES string of the molecule is CC(C)Oc1ccc(-c2nc(C(=O)Nc3cccc(OCCCC#N)c3)cs2)cc1. The number of unbranched alkanes of at least 4 members (excludes halogenated alkanes) is 1. The summed E-state index contributed by atoms with van der Waals surface area (Å²) in [6.07, 6.45) is 1.24. The number of nitrogens with zero attached hydrogens (tertiary/aromatic N) is 2. The molecule has 0 radical (unpaired) electrons. The van der Waals surface area contributed by atoms with E-state index in [1.165, 1.54) is 11.3 Å². The number of nitriles is 1. The molecule has 0 atom stereocenters. The van der Waals surface area contributed by atoms with Crippen LogP contribution in [0.2, 0.25) is 0 Å². The number of carbonyl (C=O) groups is 1. The van der Waals surface area contributed by atoms with Crippen molar-refractivity contribution in [3.05, 3.63) is 59.6 Å². The van der Waals surface area contributed by atoms with Gasteiger partial charge in [0.15, 0.2) is 0 Å². The summed E-state index contributed by atoms with van der Waals surface area (Å²) in [5.74, 6) is 1.17. The van der Waals surface area contributed by atoms with Crippen molar-refractivity contribution in [2.24, 2.45) is 0 Å². The summed E-state index contributed by atoms with van der Waals surface area (Å²) in [7, 11) is 0. The van der Waals surface area contributed by atoms with Gasteiger partial charge in [0.1, 0.15) is 22.2 Å². The van der Waals surface area contributed by atoms with E-state index in [1.807, 2.05) is 50.2 Å². The fourth-order valence-corrected chi connectivity index (χ4v) is 3.47. The first kappa shape index (κ1) is 21.3. The zero-order chi connectivity index (χ0) is 21.3. The Hall–Kier alpha value is -3.37. The minimum Gasteiger partial charge on any atom is -0.493 e. The molecule has 0 saturated heterocycles. The maximum atomic E-state index is 12.6. The van der Waals surface area contributed by atoms with Crippen LogP contribution in [0.25, 0.3) is 10.6 Å². The maximum absolute atomic E-state index is 12.6. The van der Waals surface area contributed by atoms with E-state index in [2.05, 4.69) is 16.4 Å². The van der Waals surface area contributed by atoms with Crippen LogP contribution >= 0.6 is 11.3 Å². The summed E-state index contributed by atoms with van der Waals surface area (Å²) in [5, 5.41) is 13.9. The zero-order valence-corrected chi connectivity index (χ0v) is 17.7. The van der Waals surface area contributed by atoms with Crippen molar-refractivity contribution in [3.63, 3.8) is 0 Å². The van der Waals surface area contributed by atoms with E-state index in [-0.39, 0.29) is 12.0 Å². The van der Waals surface area contributed by atoms with E-state index in [9.17, 15) is 4.79 Å². The molecule has 3 aromatic rings. The Bertz CT molecular complexity index is 1020. The number of nitrogens with one attached hydrogen (secondary N) is 1. The van der Waals surface area contributed by atoms with Gasteiger partial charge in [0.05, 0.1) is 18.8 Å². The normalized spacial score (nSPS) is 10.5. The number of ether oxygens (including phenoxy) is 2. The number of carbonyl (C=O) groups excluding carboxylic acids is 1. The quantitative estimate of drug-likeness (QED) is 0.459. The number of anilines is 1. The first-order valence-corrected chi connectivity index (χ1v) is 10.6. The van der Waals surface area contributed by atoms with Crippen LogP contribution in [-0.4, -0.2) is 23.6 Å². The minimum atomic E-state index is -0.279. The van der Waals surface area contributed by atoms with Gasteiger partial charge in [-0.25, -0.2) is 4.98 Å². The summed E-state index contributed by atoms with van der Waals surface area (Å²) in [4.78, 5) is 17.0. The standard InChI is InChI=1S/C23H23N3O3S/c1-16(2)29-19-10-8-17(9-11-19)23-26-21(15-30-23)22(27)25-18-6-5-7-20(14-18)28-13-4-3-12-24/h5-11,14-16H,3-4,13H2,1-2H3,(H,25,27). The molecule has 0 saturated carbocycles. The van der Waals surface area contributed by atoms with E-state index < -0.39 is 0 Å². The van der Waals surface area contributed by atoms with E-state index >= 15 is 0 Å². The van der Waals surface area contributed by atoms with Crippen molar-refractivity contribution < 1.29 is 14.3 Å². The highest BCUT2D eigenvalue weighted by atomic mass is 32.1. The van der Waals surface area contributed by atoms with Crippen LogP contribution in [0, 0.1) is 11.3 Å². The average Bonchev–Trinajstić information content (AvgIpc) is 3.22. The number of amides is 1. The van der Waals surface area contributed by atoms with Crippen molar-refractivity contribution >= 4 is 22.9 Å². The summed E-state index contributed by atoms with van der Waals surface area (Å²) >= 11 is 1.42. The molecule has 0 aliphatic rings. The van der Waals surface area contributed by atoms with Gasteiger partial charge >= 0.3 is 0 Å². The average molecular weight is 422 g/mol. The van der Waals surface area contributed by atoms with Crippen molar-refractivity contribution in [1.82, 2.24) is 4.98 Å². The molecule has 1 amide bonds. The minimum absolute atomic E-state index is 0.118. The van der Waals surface area contributed by atoms with Gasteiger partial charge in [-0.2, -0.15) is 5.26 Å². The molecule has 2 aromatic carbocycles. The van der Waals surface area contributed by atoms with Crippen LogP contribution in [0.3, 0.4) is 0 Å². The van der Waals surface area contributed by atoms with Crippen LogP contribution < -0.4 is 14.8 Å². The van der Waals surface area contributed by atoms with E-state index in [0.717, 1.165) is 16.3 Å². The highest BCUT2D eigenvalue weighted by Gasteiger charge is 2.13. The van der Waals surface area contributed by atoms with E-state index in [1.54, 1.807) is 17.5 Å². The Balaban J connectivity index is 1.62. The lowest BCUT2D eigenvalue weighted by molar-refractivity contribution is 0.102. The third kappa shape index (κ3) is 6.06. The van der Waals surface area contributed by atoms with Crippen LogP contribution in [0.4, 0.5) is 5.69 Å². The van der Waals surface area contributed by atoms with Crippen LogP contribution in [0.1, 0.15) is 37.2 Å². The summed E-state index contributed by atoms with van der Waals surface area (Å²) in [6.45, 7) is 4.42. The van der Waals surface area contributed by atoms with Crippen LogP contribution in [-0.2, 0) is 0 Å². The molecule has 1 heterocycles. The lowest BCUT2D eigenvalue weighted by Crippen LogP contribution is -2.12. The molecule has 6 nitrogen and oxygen atoms in total. The Morgan fingerprint density at radius 3 is 2.73 bits per heavy atom. The topological polar surface area (TPSA) is 84.2 Å². The molecule has 7 heteroatoms. The molecule has 30 heavy (non-hydrogen) atoms. The first-order valence-electron chi connectivity index (χ1n) is 9.69. The number of benzene rings is 2. The third-order valence-electron chi connectivity index (χ3n) is 4.00. The fraction of sp³-hybridized carbons (Fsp3) is 0.261. The first-order chi connectivity index (χ1) is 14.5. The molecule has 3 rings (SSSR count). The third-order valence-corrected chi connectivity index (χ3v) is 4.89. The lowest BCUT2D eigenvalue weighted by Gasteiger charge is -2.09. The van der Waals surface area contributed by atoms with Gasteiger partial charge in [-0.3, -0.25) is 4.79 Å². The second-order valence-electron chi connectivity index (χ2n) is 6.82. The monoisotopic (exact) mass is 421 g/mol. The van der Waals surface area contributed by atoms with Gasteiger partial charge in [-0.05, 0) is 56.7 Å². The Morgan fingerprint density at radius 1 is 1.20 bits per heavy atom. The smallest absolute Gasteiger partial charge is 0.275 e. The van der Waals surface area contributed by atoms with Crippen molar-refractivity contribution in [3.8, 4) is 28.1 Å². The van der Waals surface area contributed by atoms with Crippen LogP contribution in [0.15, 0.2) is 53.9 Å². The summed E-state index contributed by atoms with van der Waals surface area (Å²) < 4.78 is 11.3. The number of thiazole rings is 1. The number of hydrogen-bond acceptors (Lipinski definition) is 6. The number of rotatable bonds is 9. The predicted octanol–water partition coefficient (Wildman–Crippen LogP) is 5.53. The van der Waals surface area contributed by atoms with Crippen LogP contribution in [0.5, 0.6) is 11.5 Å². The summed E-state index contributed by atoms with van der Waals surface area (Å²) in [5.41, 5.74) is 1.92. The zero-order valence-electron chi connectivity index (χ0n) is 16.9. The molecule has 0 spiro atoms. The Morgan fingerprint density at radius 2 is 2.00 bits per heavy atom. The lowest BCUT2D eigenvalue weighted by atomic mass is 10.2. The van der Waals surface area contributed by atoms with Crippen molar-refractivity contribution in [2.45, 2.75) is 32.8 Å². The second-order valence-corrected chi connectivity index (χ2v) is 7.68. The molecule has 154 valence electrons. The van der Waals surface area contributed by atoms with Crippen molar-refractivity contribution in [2.75, 3.05) is 11.9 Å². The molecule has 0 fully saturated rings. The molecule has 1 N–H and O–H groups in total. The maximum Gasteiger partial charge on any atom is 0.275 e. The highest BCUT2D eigenvalue weighted by molar-refractivity contribution is 7.13. The summed E-state index contributed by atoms with van der Waals surface area (Å²) in [6, 6.07) is 16.9. The molecule has 0 aliphatic carbocycles. The molecule has 0 unspecified atom stereocenters. The number of hydrogen-bond donors (Lipinski definition) is 1. The highest BCUT2D eigenvalue weighted by Crippen LogP contribution is 2.27. The molecule has 1 aromatic heterocycles. The molecular formula is C23H23N3O3S. The molecule has 0 bridgehead atoms. The Kier molecular flexibility index (Phi) is 7.41. The van der Waals surface area contributed by atoms with Gasteiger partial charge in [0, 0.05) is 29.1 Å². The molecular weight excluding hydrogens is 398 g/mol. The van der Waals surface area contributed by atoms with Gasteiger partial charge in [-0.15, -0.1) is 11.3 Å². The Labute approximate surface area is 180 Å². The molecule has 0 aliphatic heterocycles. The largest absolute Gasteiger partial charge is 0.493 e. The second kappa shape index (κ2) is 10.4. The van der Waals surface area contributed by atoms with Gasteiger partial charge < -0.3 is 14.8 Å². The van der Waals surface area contributed by atoms with Gasteiger partial charge in [0.2, 0.25) is 0 Å². The number of aromatic nitrogens is 1. The van der Waals surface area contributed by atoms with Gasteiger partial charge in [0.25, 0.3) is 5.91 Å². The fourth-order valence-electron chi connectivity index (χ4n) is 2.66. The van der Waals surface area contributed by atoms with Gasteiger partial charge in [-0.1, -0.05) is 6.07 Å². The van der Waals surface area contributed by atoms with E-state index in [4.69, 9.17) is 14.7 Å². The van der Waals surface area contributed by atoms with E-state index in [0.29, 0.717) is 36.6 Å².